The molecule has 0 atom stereocenters. The Morgan fingerprint density at radius 2 is 1.80 bits per heavy atom. The van der Waals surface area contributed by atoms with Gasteiger partial charge in [-0.25, -0.2) is 22.2 Å². The molecule has 0 bridgehead atoms. The van der Waals surface area contributed by atoms with Gasteiger partial charge in [0.15, 0.2) is 0 Å². The van der Waals surface area contributed by atoms with Gasteiger partial charge in [0.2, 0.25) is 10.0 Å². The SMILES string of the molecule is Cc1ccc(Nc2cc(Cc3cnc(C)c(C)n3)nc3c2N=C(C(F)F)C3)c(N(C)S(C)(=O)=O)c1. The molecule has 0 saturated carbocycles. The monoisotopic (exact) mass is 500 g/mol. The predicted molar refractivity (Wildman–Crippen MR) is 133 cm³/mol. The third kappa shape index (κ3) is 5.29. The maximum atomic E-state index is 13.5. The summed E-state index contributed by atoms with van der Waals surface area (Å²) >= 11 is 0. The van der Waals surface area contributed by atoms with E-state index in [0.29, 0.717) is 46.3 Å². The maximum Gasteiger partial charge on any atom is 0.277 e. The fourth-order valence-electron chi connectivity index (χ4n) is 3.76. The van der Waals surface area contributed by atoms with Gasteiger partial charge in [-0.15, -0.1) is 0 Å². The number of sulfonamides is 1. The van der Waals surface area contributed by atoms with Crippen LogP contribution in [0.4, 0.5) is 31.5 Å². The zero-order valence-corrected chi connectivity index (χ0v) is 20.9. The van der Waals surface area contributed by atoms with Crippen LogP contribution in [0.5, 0.6) is 0 Å². The topological polar surface area (TPSA) is 100 Å². The lowest BCUT2D eigenvalue weighted by molar-refractivity contribution is 0.224. The number of halogens is 2. The molecule has 0 saturated heterocycles. The minimum Gasteiger partial charge on any atom is -0.352 e. The number of aromatic nitrogens is 3. The lowest BCUT2D eigenvalue weighted by Crippen LogP contribution is -2.25. The molecule has 4 rings (SSSR count). The molecule has 35 heavy (non-hydrogen) atoms. The Kier molecular flexibility index (Phi) is 6.54. The summed E-state index contributed by atoms with van der Waals surface area (Å²) in [6.07, 6.45) is 0.384. The smallest absolute Gasteiger partial charge is 0.277 e. The molecule has 11 heteroatoms. The zero-order chi connectivity index (χ0) is 25.5. The van der Waals surface area contributed by atoms with E-state index in [1.54, 1.807) is 24.4 Å². The van der Waals surface area contributed by atoms with Gasteiger partial charge in [-0.2, -0.15) is 0 Å². The highest BCUT2D eigenvalue weighted by Gasteiger charge is 2.27. The third-order valence-corrected chi connectivity index (χ3v) is 7.03. The highest BCUT2D eigenvalue weighted by Crippen LogP contribution is 2.39. The van der Waals surface area contributed by atoms with Crippen molar-refractivity contribution in [3.05, 3.63) is 64.5 Å². The van der Waals surface area contributed by atoms with Crippen LogP contribution < -0.4 is 9.62 Å². The molecule has 1 aliphatic heterocycles. The molecule has 3 aromatic rings. The second kappa shape index (κ2) is 9.29. The molecule has 0 amide bonds. The highest BCUT2D eigenvalue weighted by atomic mass is 32.2. The van der Waals surface area contributed by atoms with Crippen LogP contribution in [0.15, 0.2) is 35.5 Å². The summed E-state index contributed by atoms with van der Waals surface area (Å²) in [6.45, 7) is 5.60. The predicted octanol–water partition coefficient (Wildman–Crippen LogP) is 4.42. The molecule has 1 aromatic carbocycles. The fraction of sp³-hybridized carbons (Fsp3) is 0.333. The molecule has 8 nitrogen and oxygen atoms in total. The number of aryl methyl sites for hydroxylation is 3. The fourth-order valence-corrected chi connectivity index (χ4v) is 4.26. The summed E-state index contributed by atoms with van der Waals surface area (Å²) in [5.41, 5.74) is 5.70. The van der Waals surface area contributed by atoms with E-state index in [-0.39, 0.29) is 12.1 Å². The number of nitrogens with one attached hydrogen (secondary N) is 1. The number of fused-ring (bicyclic) bond motifs is 1. The number of hydrogen-bond acceptors (Lipinski definition) is 7. The molecule has 1 N–H and O–H groups in total. The molecule has 0 unspecified atom stereocenters. The van der Waals surface area contributed by atoms with Crippen molar-refractivity contribution in [2.75, 3.05) is 22.9 Å². The molecule has 184 valence electrons. The first kappa shape index (κ1) is 24.6. The number of pyridine rings is 1. The summed E-state index contributed by atoms with van der Waals surface area (Å²) in [6, 6.07) is 7.06. The van der Waals surface area contributed by atoms with Crippen molar-refractivity contribution in [1.82, 2.24) is 15.0 Å². The molecule has 2 aromatic heterocycles. The van der Waals surface area contributed by atoms with E-state index in [0.717, 1.165) is 23.2 Å². The van der Waals surface area contributed by atoms with Crippen molar-refractivity contribution in [1.29, 1.82) is 0 Å². The first-order valence-corrected chi connectivity index (χ1v) is 12.8. The van der Waals surface area contributed by atoms with Crippen LogP contribution in [-0.2, 0) is 22.9 Å². The largest absolute Gasteiger partial charge is 0.352 e. The van der Waals surface area contributed by atoms with E-state index in [9.17, 15) is 17.2 Å². The van der Waals surface area contributed by atoms with Crippen molar-refractivity contribution < 1.29 is 17.2 Å². The first-order valence-electron chi connectivity index (χ1n) is 10.9. The number of rotatable bonds is 7. The maximum absolute atomic E-state index is 13.5. The molecule has 0 fully saturated rings. The van der Waals surface area contributed by atoms with Crippen LogP contribution in [0.3, 0.4) is 0 Å². The lowest BCUT2D eigenvalue weighted by Gasteiger charge is -2.22. The first-order chi connectivity index (χ1) is 16.4. The van der Waals surface area contributed by atoms with E-state index < -0.39 is 16.4 Å². The van der Waals surface area contributed by atoms with E-state index in [1.807, 2.05) is 26.8 Å². The second-order valence-electron chi connectivity index (χ2n) is 8.62. The van der Waals surface area contributed by atoms with Gasteiger partial charge in [0.1, 0.15) is 5.69 Å². The minimum atomic E-state index is -3.54. The Balaban J connectivity index is 1.79. The van der Waals surface area contributed by atoms with Crippen LogP contribution in [0.2, 0.25) is 0 Å². The Labute approximate surface area is 203 Å². The summed E-state index contributed by atoms with van der Waals surface area (Å²) in [5.74, 6) is 0. The van der Waals surface area contributed by atoms with Gasteiger partial charge in [-0.1, -0.05) is 6.07 Å². The van der Waals surface area contributed by atoms with Gasteiger partial charge in [-0.05, 0) is 44.5 Å². The summed E-state index contributed by atoms with van der Waals surface area (Å²) in [7, 11) is -2.07. The van der Waals surface area contributed by atoms with Gasteiger partial charge >= 0.3 is 0 Å². The van der Waals surface area contributed by atoms with Crippen molar-refractivity contribution >= 4 is 38.5 Å². The van der Waals surface area contributed by atoms with Gasteiger partial charge in [-0.3, -0.25) is 19.3 Å². The quantitative estimate of drug-likeness (QED) is 0.516. The van der Waals surface area contributed by atoms with Crippen LogP contribution in [-0.4, -0.2) is 48.8 Å². The second-order valence-corrected chi connectivity index (χ2v) is 10.6. The summed E-state index contributed by atoms with van der Waals surface area (Å²) in [5, 5.41) is 3.23. The summed E-state index contributed by atoms with van der Waals surface area (Å²) in [4.78, 5) is 17.6. The van der Waals surface area contributed by atoms with Gasteiger partial charge in [0, 0.05) is 31.8 Å². The molecule has 0 radical (unpaired) electrons. The number of nitrogens with zero attached hydrogens (tertiary/aromatic N) is 5. The average molecular weight is 501 g/mol. The van der Waals surface area contributed by atoms with Crippen molar-refractivity contribution in [2.24, 2.45) is 4.99 Å². The number of benzene rings is 1. The highest BCUT2D eigenvalue weighted by molar-refractivity contribution is 7.92. The van der Waals surface area contributed by atoms with Crippen LogP contribution in [0, 0.1) is 20.8 Å². The molecule has 3 heterocycles. The third-order valence-electron chi connectivity index (χ3n) is 5.84. The zero-order valence-electron chi connectivity index (χ0n) is 20.1. The van der Waals surface area contributed by atoms with E-state index >= 15 is 0 Å². The molecule has 1 aliphatic rings. The number of anilines is 3. The Morgan fingerprint density at radius 3 is 2.46 bits per heavy atom. The van der Waals surface area contributed by atoms with Gasteiger partial charge in [0.25, 0.3) is 6.43 Å². The van der Waals surface area contributed by atoms with E-state index in [4.69, 9.17) is 0 Å². The van der Waals surface area contributed by atoms with Crippen LogP contribution >= 0.6 is 0 Å². The van der Waals surface area contributed by atoms with Crippen molar-refractivity contribution in [2.45, 2.75) is 40.0 Å². The Morgan fingerprint density at radius 1 is 1.06 bits per heavy atom. The van der Waals surface area contributed by atoms with Crippen molar-refractivity contribution in [3.63, 3.8) is 0 Å². The summed E-state index contributed by atoms with van der Waals surface area (Å²) < 4.78 is 52.6. The molecular formula is C24H26F2N6O2S. The lowest BCUT2D eigenvalue weighted by atomic mass is 10.1. The van der Waals surface area contributed by atoms with Crippen LogP contribution in [0.1, 0.15) is 34.0 Å². The van der Waals surface area contributed by atoms with E-state index in [1.165, 1.54) is 11.4 Å². The van der Waals surface area contributed by atoms with Crippen molar-refractivity contribution in [3.8, 4) is 0 Å². The van der Waals surface area contributed by atoms with Gasteiger partial charge in [0.05, 0.1) is 51.8 Å². The average Bonchev–Trinajstić information content (AvgIpc) is 3.21. The molecular weight excluding hydrogens is 474 g/mol. The molecule has 0 spiro atoms. The van der Waals surface area contributed by atoms with E-state index in [2.05, 4.69) is 25.3 Å². The standard InChI is InChI=1S/C24H26F2N6O2S/c1-13-6-7-18(22(8-13)32(4)35(5,33)34)30-19-10-16(9-17-12-27-14(2)15(3)28-17)29-20-11-21(24(25)26)31-23(19)20/h6-8,10,12,24H,9,11H2,1-5H3,(H,29,30). The van der Waals surface area contributed by atoms with Crippen LogP contribution in [0.25, 0.3) is 0 Å². The molecule has 0 aliphatic carbocycles. The normalized spacial score (nSPS) is 13.1. The number of hydrogen-bond donors (Lipinski definition) is 1. The Bertz CT molecular complexity index is 1440. The minimum absolute atomic E-state index is 0.0574. The number of alkyl halides is 2. The Hall–Kier alpha value is -3.47. The number of aliphatic imine (C=N–C) groups is 1. The van der Waals surface area contributed by atoms with Gasteiger partial charge < -0.3 is 5.32 Å².